The van der Waals surface area contributed by atoms with E-state index in [1.165, 1.54) is 19.5 Å². The fourth-order valence-corrected chi connectivity index (χ4v) is 1.33. The molecule has 0 saturated heterocycles. The Hall–Kier alpha value is -2.14. The van der Waals surface area contributed by atoms with Crippen LogP contribution in [0, 0.1) is 0 Å². The smallest absolute Gasteiger partial charge is 0.337 e. The van der Waals surface area contributed by atoms with Crippen LogP contribution in [0.15, 0.2) is 36.7 Å². The van der Waals surface area contributed by atoms with Crippen molar-refractivity contribution in [2.24, 2.45) is 0 Å². The summed E-state index contributed by atoms with van der Waals surface area (Å²) in [5.74, 6) is 0.120. The lowest BCUT2D eigenvalue weighted by Crippen LogP contribution is -2.00. The van der Waals surface area contributed by atoms with E-state index < -0.39 is 5.97 Å². The second-order valence-electron chi connectivity index (χ2n) is 3.30. The molecule has 0 spiro atoms. The number of methoxy groups -OCH3 is 1. The van der Waals surface area contributed by atoms with Crippen LogP contribution in [-0.4, -0.2) is 23.0 Å². The third-order valence-electron chi connectivity index (χ3n) is 2.08. The number of hydrogen-bond acceptors (Lipinski definition) is 5. The van der Waals surface area contributed by atoms with Gasteiger partial charge in [0.2, 0.25) is 0 Å². The number of carbonyl (C=O) groups excluding carboxylic acids is 1. The third kappa shape index (κ3) is 2.95. The number of ether oxygens (including phenoxy) is 2. The molecule has 0 aliphatic rings. The summed E-state index contributed by atoms with van der Waals surface area (Å²) >= 11 is 5.65. The molecule has 0 N–H and O–H groups in total. The van der Waals surface area contributed by atoms with Gasteiger partial charge in [0.05, 0.1) is 30.1 Å². The SMILES string of the molecule is COC(=O)c1ccc(Oc2ncc(Cl)cn2)cc1. The zero-order valence-electron chi connectivity index (χ0n) is 9.46. The van der Waals surface area contributed by atoms with Crippen LogP contribution >= 0.6 is 11.6 Å². The minimum Gasteiger partial charge on any atom is -0.465 e. The first-order chi connectivity index (χ1) is 8.69. The molecule has 0 aliphatic carbocycles. The van der Waals surface area contributed by atoms with Crippen molar-refractivity contribution in [1.29, 1.82) is 0 Å². The van der Waals surface area contributed by atoms with E-state index in [1.54, 1.807) is 24.3 Å². The van der Waals surface area contributed by atoms with Gasteiger partial charge < -0.3 is 9.47 Å². The molecule has 18 heavy (non-hydrogen) atoms. The lowest BCUT2D eigenvalue weighted by atomic mass is 10.2. The largest absolute Gasteiger partial charge is 0.465 e. The number of aromatic nitrogens is 2. The predicted octanol–water partition coefficient (Wildman–Crippen LogP) is 2.71. The third-order valence-corrected chi connectivity index (χ3v) is 2.28. The second-order valence-corrected chi connectivity index (χ2v) is 3.74. The fraction of sp³-hybridized carbons (Fsp3) is 0.0833. The molecule has 0 fully saturated rings. The van der Waals surface area contributed by atoms with Crippen LogP contribution < -0.4 is 4.74 Å². The van der Waals surface area contributed by atoms with E-state index in [2.05, 4.69) is 14.7 Å². The van der Waals surface area contributed by atoms with Crippen LogP contribution in [0.5, 0.6) is 11.8 Å². The first-order valence-corrected chi connectivity index (χ1v) is 5.40. The minimum absolute atomic E-state index is 0.185. The fourth-order valence-electron chi connectivity index (χ4n) is 1.24. The summed E-state index contributed by atoms with van der Waals surface area (Å²) in [6, 6.07) is 6.63. The van der Waals surface area contributed by atoms with E-state index in [4.69, 9.17) is 16.3 Å². The van der Waals surface area contributed by atoms with E-state index in [0.717, 1.165) is 0 Å². The molecule has 0 radical (unpaired) electrons. The normalized spacial score (nSPS) is 9.89. The summed E-state index contributed by atoms with van der Waals surface area (Å²) in [7, 11) is 1.33. The van der Waals surface area contributed by atoms with Crippen molar-refractivity contribution in [1.82, 2.24) is 9.97 Å². The maximum Gasteiger partial charge on any atom is 0.337 e. The Morgan fingerprint density at radius 2 is 1.78 bits per heavy atom. The van der Waals surface area contributed by atoms with E-state index >= 15 is 0 Å². The lowest BCUT2D eigenvalue weighted by molar-refractivity contribution is 0.0600. The van der Waals surface area contributed by atoms with Gasteiger partial charge in [-0.25, -0.2) is 14.8 Å². The van der Waals surface area contributed by atoms with E-state index in [1.807, 2.05) is 0 Å². The summed E-state index contributed by atoms with van der Waals surface area (Å²) in [5, 5.41) is 0.434. The average Bonchev–Trinajstić information content (AvgIpc) is 2.41. The molecule has 1 aromatic carbocycles. The molecule has 0 saturated carbocycles. The summed E-state index contributed by atoms with van der Waals surface area (Å²) in [5.41, 5.74) is 0.446. The van der Waals surface area contributed by atoms with Crippen LogP contribution in [0.2, 0.25) is 5.02 Å². The van der Waals surface area contributed by atoms with Crippen molar-refractivity contribution >= 4 is 17.6 Å². The Morgan fingerprint density at radius 3 is 2.33 bits per heavy atom. The zero-order chi connectivity index (χ0) is 13.0. The van der Waals surface area contributed by atoms with Gasteiger partial charge in [0.15, 0.2) is 0 Å². The summed E-state index contributed by atoms with van der Waals surface area (Å²) in [4.78, 5) is 19.0. The Kier molecular flexibility index (Phi) is 3.74. The Labute approximate surface area is 108 Å². The number of halogens is 1. The molecule has 6 heteroatoms. The molecule has 2 rings (SSSR count). The van der Waals surface area contributed by atoms with Crippen molar-refractivity contribution in [2.75, 3.05) is 7.11 Å². The molecule has 2 aromatic rings. The van der Waals surface area contributed by atoms with Gasteiger partial charge in [-0.15, -0.1) is 0 Å². The quantitative estimate of drug-likeness (QED) is 0.798. The van der Waals surface area contributed by atoms with Crippen molar-refractivity contribution in [3.63, 3.8) is 0 Å². The van der Waals surface area contributed by atoms with Crippen LogP contribution in [-0.2, 0) is 4.74 Å². The molecule has 5 nitrogen and oxygen atoms in total. The maximum atomic E-state index is 11.2. The Morgan fingerprint density at radius 1 is 1.17 bits per heavy atom. The topological polar surface area (TPSA) is 61.3 Å². The van der Waals surface area contributed by atoms with Crippen LogP contribution in [0.3, 0.4) is 0 Å². The molecule has 1 heterocycles. The molecule has 0 bridgehead atoms. The molecule has 92 valence electrons. The molecular formula is C12H9ClN2O3. The molecule has 0 unspecified atom stereocenters. The molecular weight excluding hydrogens is 256 g/mol. The number of hydrogen-bond donors (Lipinski definition) is 0. The summed E-state index contributed by atoms with van der Waals surface area (Å²) < 4.78 is 9.96. The van der Waals surface area contributed by atoms with Crippen molar-refractivity contribution < 1.29 is 14.3 Å². The van der Waals surface area contributed by atoms with Crippen LogP contribution in [0.4, 0.5) is 0 Å². The summed E-state index contributed by atoms with van der Waals surface area (Å²) in [6.45, 7) is 0. The van der Waals surface area contributed by atoms with E-state index in [0.29, 0.717) is 16.3 Å². The zero-order valence-corrected chi connectivity index (χ0v) is 10.2. The predicted molar refractivity (Wildman–Crippen MR) is 64.9 cm³/mol. The van der Waals surface area contributed by atoms with Gasteiger partial charge in [-0.05, 0) is 24.3 Å². The molecule has 1 aromatic heterocycles. The van der Waals surface area contributed by atoms with Crippen molar-refractivity contribution in [3.8, 4) is 11.8 Å². The average molecular weight is 265 g/mol. The van der Waals surface area contributed by atoms with Gasteiger partial charge in [-0.3, -0.25) is 0 Å². The van der Waals surface area contributed by atoms with Gasteiger partial charge in [0.1, 0.15) is 5.75 Å². The van der Waals surface area contributed by atoms with Crippen molar-refractivity contribution in [2.45, 2.75) is 0 Å². The molecule has 0 amide bonds. The number of carbonyl (C=O) groups is 1. The first-order valence-electron chi connectivity index (χ1n) is 5.03. The number of benzene rings is 1. The number of nitrogens with zero attached hydrogens (tertiary/aromatic N) is 2. The second kappa shape index (κ2) is 5.46. The highest BCUT2D eigenvalue weighted by molar-refractivity contribution is 6.30. The van der Waals surface area contributed by atoms with E-state index in [-0.39, 0.29) is 6.01 Å². The van der Waals surface area contributed by atoms with Crippen molar-refractivity contribution in [3.05, 3.63) is 47.2 Å². The Balaban J connectivity index is 2.10. The van der Waals surface area contributed by atoms with Crippen LogP contribution in [0.1, 0.15) is 10.4 Å². The lowest BCUT2D eigenvalue weighted by Gasteiger charge is -2.04. The highest BCUT2D eigenvalue weighted by Gasteiger charge is 2.05. The number of esters is 1. The summed E-state index contributed by atoms with van der Waals surface area (Å²) in [6.07, 6.45) is 2.87. The van der Waals surface area contributed by atoms with Gasteiger partial charge >= 0.3 is 12.0 Å². The molecule has 0 aliphatic heterocycles. The minimum atomic E-state index is -0.399. The highest BCUT2D eigenvalue weighted by atomic mass is 35.5. The van der Waals surface area contributed by atoms with Gasteiger partial charge in [-0.1, -0.05) is 11.6 Å². The first kappa shape index (κ1) is 12.3. The van der Waals surface area contributed by atoms with Gasteiger partial charge in [0.25, 0.3) is 0 Å². The van der Waals surface area contributed by atoms with Crippen LogP contribution in [0.25, 0.3) is 0 Å². The van der Waals surface area contributed by atoms with Gasteiger partial charge in [-0.2, -0.15) is 0 Å². The monoisotopic (exact) mass is 264 g/mol. The van der Waals surface area contributed by atoms with Gasteiger partial charge in [0, 0.05) is 0 Å². The maximum absolute atomic E-state index is 11.2. The molecule has 0 atom stereocenters. The Bertz CT molecular complexity index is 540. The van der Waals surface area contributed by atoms with E-state index in [9.17, 15) is 4.79 Å². The number of rotatable bonds is 3. The highest BCUT2D eigenvalue weighted by Crippen LogP contribution is 2.18. The standard InChI is InChI=1S/C12H9ClN2O3/c1-17-11(16)8-2-4-10(5-3-8)18-12-14-6-9(13)7-15-12/h2-7H,1H3.